The second-order valence-corrected chi connectivity index (χ2v) is 9.72. The number of ether oxygens (including phenoxy) is 1. The van der Waals surface area contributed by atoms with Crippen molar-refractivity contribution in [2.24, 2.45) is 12.0 Å². The molecule has 2 rings (SSSR count). The highest BCUT2D eigenvalue weighted by Gasteiger charge is 2.21. The van der Waals surface area contributed by atoms with Crippen LogP contribution in [0, 0.1) is 6.92 Å². The Bertz CT molecular complexity index is 1080. The number of hydrogen-bond acceptors (Lipinski definition) is 6. The zero-order valence-corrected chi connectivity index (χ0v) is 19.5. The molecule has 8 nitrogen and oxygen atoms in total. The van der Waals surface area contributed by atoms with Crippen LogP contribution in [0.1, 0.15) is 52.4 Å². The Balaban J connectivity index is 2.29. The number of esters is 1. The number of sulfonamides is 1. The van der Waals surface area contributed by atoms with Gasteiger partial charge in [0.25, 0.3) is 5.91 Å². The Labute approximate surface area is 180 Å². The van der Waals surface area contributed by atoms with E-state index in [9.17, 15) is 18.0 Å². The molecule has 164 valence electrons. The van der Waals surface area contributed by atoms with Crippen LogP contribution < -0.4 is 4.80 Å². The lowest BCUT2D eigenvalue weighted by molar-refractivity contribution is 0.0530. The van der Waals surface area contributed by atoms with Crippen molar-refractivity contribution < 1.29 is 22.7 Å². The monoisotopic (exact) mass is 453 g/mol. The fourth-order valence-corrected chi connectivity index (χ4v) is 4.84. The van der Waals surface area contributed by atoms with Crippen LogP contribution in [0.2, 0.25) is 0 Å². The molecule has 10 heteroatoms. The normalized spacial score (nSPS) is 12.4. The third-order valence-electron chi connectivity index (χ3n) is 4.61. The molecule has 30 heavy (non-hydrogen) atoms. The van der Waals surface area contributed by atoms with E-state index in [1.54, 1.807) is 32.5 Å². The number of benzene rings is 1. The van der Waals surface area contributed by atoms with Gasteiger partial charge >= 0.3 is 5.97 Å². The Hall–Kier alpha value is -2.30. The molecular weight excluding hydrogens is 426 g/mol. The summed E-state index contributed by atoms with van der Waals surface area (Å²) in [6.07, 6.45) is 1.67. The number of carbonyl (C=O) groups is 2. The summed E-state index contributed by atoms with van der Waals surface area (Å²) in [6.45, 7) is 6.16. The van der Waals surface area contributed by atoms with Gasteiger partial charge in [-0.1, -0.05) is 24.7 Å². The Morgan fingerprint density at radius 2 is 1.83 bits per heavy atom. The smallest absolute Gasteiger partial charge is 0.350 e. The van der Waals surface area contributed by atoms with Gasteiger partial charge in [0.15, 0.2) is 4.80 Å². The third-order valence-corrected chi connectivity index (χ3v) is 7.69. The number of carbonyl (C=O) groups excluding carboxylic acids is 2. The van der Waals surface area contributed by atoms with Gasteiger partial charge in [-0.3, -0.25) is 4.79 Å². The quantitative estimate of drug-likeness (QED) is 0.573. The summed E-state index contributed by atoms with van der Waals surface area (Å²) in [4.78, 5) is 29.6. The molecule has 0 aliphatic heterocycles. The van der Waals surface area contributed by atoms with E-state index in [1.165, 1.54) is 28.6 Å². The topological polar surface area (TPSA) is 98.0 Å². The average Bonchev–Trinajstić information content (AvgIpc) is 3.00. The first-order valence-corrected chi connectivity index (χ1v) is 11.9. The van der Waals surface area contributed by atoms with Gasteiger partial charge in [-0.15, -0.1) is 0 Å². The molecule has 0 atom stereocenters. The molecule has 1 amide bonds. The summed E-state index contributed by atoms with van der Waals surface area (Å²) in [5.41, 5.74) is 0.912. The van der Waals surface area contributed by atoms with Crippen molar-refractivity contribution >= 4 is 33.2 Å². The van der Waals surface area contributed by atoms with Gasteiger partial charge in [-0.2, -0.15) is 4.99 Å². The first kappa shape index (κ1) is 24.0. The van der Waals surface area contributed by atoms with E-state index in [-0.39, 0.29) is 17.1 Å². The highest BCUT2D eigenvalue weighted by Crippen LogP contribution is 2.17. The van der Waals surface area contributed by atoms with E-state index in [2.05, 4.69) is 4.99 Å². The lowest BCUT2D eigenvalue weighted by Gasteiger charge is -2.16. The molecule has 0 saturated carbocycles. The molecule has 1 heterocycles. The second kappa shape index (κ2) is 10.1. The van der Waals surface area contributed by atoms with Crippen LogP contribution in [0.5, 0.6) is 0 Å². The van der Waals surface area contributed by atoms with Crippen molar-refractivity contribution in [1.29, 1.82) is 0 Å². The number of aromatic nitrogens is 1. The minimum absolute atomic E-state index is 0.125. The Kier molecular flexibility index (Phi) is 8.10. The number of hydrogen-bond donors (Lipinski definition) is 0. The number of thiazole rings is 1. The summed E-state index contributed by atoms with van der Waals surface area (Å²) >= 11 is 1.07. The fraction of sp³-hybridized carbons (Fsp3) is 0.450. The molecule has 1 aromatic heterocycles. The fourth-order valence-electron chi connectivity index (χ4n) is 2.62. The summed E-state index contributed by atoms with van der Waals surface area (Å²) in [5.74, 6) is -0.975. The van der Waals surface area contributed by atoms with Gasteiger partial charge < -0.3 is 9.30 Å². The molecule has 0 fully saturated rings. The second-order valence-electron chi connectivity index (χ2n) is 6.70. The summed E-state index contributed by atoms with van der Waals surface area (Å²) < 4.78 is 33.2. The van der Waals surface area contributed by atoms with Crippen molar-refractivity contribution in [3.05, 3.63) is 45.2 Å². The van der Waals surface area contributed by atoms with Crippen LogP contribution >= 0.6 is 11.3 Å². The van der Waals surface area contributed by atoms with E-state index in [1.807, 2.05) is 6.92 Å². The first-order valence-electron chi connectivity index (χ1n) is 9.62. The first-order chi connectivity index (χ1) is 14.1. The van der Waals surface area contributed by atoms with E-state index < -0.39 is 21.9 Å². The van der Waals surface area contributed by atoms with Gasteiger partial charge in [-0.05, 0) is 44.5 Å². The molecule has 1 aromatic carbocycles. The van der Waals surface area contributed by atoms with Gasteiger partial charge in [-0.25, -0.2) is 17.5 Å². The zero-order chi connectivity index (χ0) is 22.5. The summed E-state index contributed by atoms with van der Waals surface area (Å²) in [7, 11) is -0.347. The molecule has 0 unspecified atom stereocenters. The van der Waals surface area contributed by atoms with Crippen molar-refractivity contribution in [3.63, 3.8) is 0 Å². The standard InChI is InChI=1S/C20H27N3O5S2/c1-6-8-13-22(4)30(26,27)16-11-9-15(10-12-16)18(24)21-20-23(5)14(3)17(29-20)19(25)28-7-2/h9-12H,6-8,13H2,1-5H3. The molecule has 0 N–H and O–H groups in total. The summed E-state index contributed by atoms with van der Waals surface area (Å²) in [6, 6.07) is 5.70. The third kappa shape index (κ3) is 5.24. The number of rotatable bonds is 8. The van der Waals surface area contributed by atoms with Gasteiger partial charge in [0.1, 0.15) is 4.88 Å². The predicted molar refractivity (Wildman–Crippen MR) is 115 cm³/mol. The highest BCUT2D eigenvalue weighted by atomic mass is 32.2. The van der Waals surface area contributed by atoms with Crippen LogP contribution in [-0.4, -0.2) is 49.4 Å². The molecule has 2 aromatic rings. The number of amides is 1. The number of unbranched alkanes of at least 4 members (excludes halogenated alkanes) is 1. The molecule has 0 spiro atoms. The molecule has 0 aliphatic carbocycles. The maximum Gasteiger partial charge on any atom is 0.350 e. The van der Waals surface area contributed by atoms with Crippen LogP contribution in [0.25, 0.3) is 0 Å². The Morgan fingerprint density at radius 1 is 1.20 bits per heavy atom. The van der Waals surface area contributed by atoms with Crippen LogP contribution in [-0.2, 0) is 21.8 Å². The van der Waals surface area contributed by atoms with E-state index in [0.29, 0.717) is 21.9 Å². The highest BCUT2D eigenvalue weighted by molar-refractivity contribution is 7.89. The van der Waals surface area contributed by atoms with E-state index >= 15 is 0 Å². The van der Waals surface area contributed by atoms with Crippen LogP contribution in [0.4, 0.5) is 0 Å². The lowest BCUT2D eigenvalue weighted by Crippen LogP contribution is -2.27. The lowest BCUT2D eigenvalue weighted by atomic mass is 10.2. The van der Waals surface area contributed by atoms with Gasteiger partial charge in [0.05, 0.1) is 11.5 Å². The van der Waals surface area contributed by atoms with Gasteiger partial charge in [0.2, 0.25) is 10.0 Å². The molecule has 0 aliphatic rings. The maximum absolute atomic E-state index is 12.6. The van der Waals surface area contributed by atoms with Gasteiger partial charge in [0, 0.05) is 31.9 Å². The van der Waals surface area contributed by atoms with Crippen LogP contribution in [0.15, 0.2) is 34.2 Å². The molecule has 0 saturated heterocycles. The molecular formula is C20H27N3O5S2. The summed E-state index contributed by atoms with van der Waals surface area (Å²) in [5, 5.41) is 0. The predicted octanol–water partition coefficient (Wildman–Crippen LogP) is 2.73. The van der Waals surface area contributed by atoms with Crippen molar-refractivity contribution in [2.75, 3.05) is 20.2 Å². The van der Waals surface area contributed by atoms with Crippen LogP contribution in [0.3, 0.4) is 0 Å². The molecule has 0 bridgehead atoms. The van der Waals surface area contributed by atoms with E-state index in [0.717, 1.165) is 24.2 Å². The van der Waals surface area contributed by atoms with Crippen molar-refractivity contribution in [3.8, 4) is 0 Å². The minimum atomic E-state index is -3.60. The average molecular weight is 454 g/mol. The zero-order valence-electron chi connectivity index (χ0n) is 17.8. The largest absolute Gasteiger partial charge is 0.462 e. The van der Waals surface area contributed by atoms with Crippen molar-refractivity contribution in [1.82, 2.24) is 8.87 Å². The number of nitrogens with zero attached hydrogens (tertiary/aromatic N) is 3. The SMILES string of the molecule is CCCCN(C)S(=O)(=O)c1ccc(C(=O)N=c2sc(C(=O)OCC)c(C)n2C)cc1. The Morgan fingerprint density at radius 3 is 2.40 bits per heavy atom. The molecule has 0 radical (unpaired) electrons. The maximum atomic E-state index is 12.6. The van der Waals surface area contributed by atoms with Crippen molar-refractivity contribution in [2.45, 2.75) is 38.5 Å². The minimum Gasteiger partial charge on any atom is -0.462 e. The van der Waals surface area contributed by atoms with E-state index in [4.69, 9.17) is 4.74 Å².